The van der Waals surface area contributed by atoms with Gasteiger partial charge < -0.3 is 10.6 Å². The Bertz CT molecular complexity index is 287. The molecule has 0 unspecified atom stereocenters. The Morgan fingerprint density at radius 1 is 1.38 bits per heavy atom. The highest BCUT2D eigenvalue weighted by atomic mass is 32.1. The Kier molecular flexibility index (Phi) is 3.92. The van der Waals surface area contributed by atoms with Gasteiger partial charge in [0.2, 0.25) is 6.29 Å². The number of hydrogen-bond acceptors (Lipinski definition) is 2. The average Bonchev–Trinajstić information content (AvgIpc) is 2.16. The van der Waals surface area contributed by atoms with E-state index in [4.69, 9.17) is 12.2 Å². The molecule has 0 aliphatic carbocycles. The lowest BCUT2D eigenvalue weighted by Crippen LogP contribution is -2.29. The molecular weight excluding hydrogens is 184 g/mol. The number of thiocarbonyl (C=S) groups is 1. The van der Waals surface area contributed by atoms with E-state index in [1.807, 2.05) is 30.3 Å². The molecule has 0 aliphatic heterocycles. The Morgan fingerprint density at radius 2 is 2.08 bits per heavy atom. The minimum absolute atomic E-state index is 0.110. The van der Waals surface area contributed by atoms with Gasteiger partial charge >= 0.3 is 0 Å². The summed E-state index contributed by atoms with van der Waals surface area (Å²) >= 11 is 4.90. The molecule has 0 amide bonds. The highest BCUT2D eigenvalue weighted by Crippen LogP contribution is 2.03. The van der Waals surface area contributed by atoms with E-state index in [1.165, 1.54) is 0 Å². The number of benzene rings is 1. The third-order valence-electron chi connectivity index (χ3n) is 1.35. The van der Waals surface area contributed by atoms with Crippen molar-refractivity contribution in [2.24, 2.45) is 0 Å². The molecule has 13 heavy (non-hydrogen) atoms. The summed E-state index contributed by atoms with van der Waals surface area (Å²) in [5, 5.41) is 6.02. The van der Waals surface area contributed by atoms with Crippen LogP contribution in [-0.4, -0.2) is 17.9 Å². The highest BCUT2D eigenvalue weighted by molar-refractivity contribution is 7.80. The fourth-order valence-corrected chi connectivity index (χ4v) is 1.00. The van der Waals surface area contributed by atoms with Crippen LogP contribution in [0, 0.1) is 0 Å². The fourth-order valence-electron chi connectivity index (χ4n) is 0.813. The highest BCUT2D eigenvalue weighted by Gasteiger charge is 1.94. The molecule has 4 heteroatoms. The number of hydrogen-bond donors (Lipinski definition) is 2. The van der Waals surface area contributed by atoms with Crippen LogP contribution in [0.1, 0.15) is 0 Å². The summed E-state index contributed by atoms with van der Waals surface area (Å²) in [4.78, 5) is 9.89. The molecule has 0 aromatic heterocycles. The summed E-state index contributed by atoms with van der Waals surface area (Å²) in [7, 11) is 0. The second-order valence-electron chi connectivity index (χ2n) is 2.32. The largest absolute Gasteiger partial charge is 0.355 e. The summed E-state index contributed by atoms with van der Waals surface area (Å²) in [6.07, 6.45) is 1.70. The van der Waals surface area contributed by atoms with E-state index in [-0.39, 0.29) is 6.54 Å². The zero-order chi connectivity index (χ0) is 9.52. The van der Waals surface area contributed by atoms with Crippen molar-refractivity contribution in [3.63, 3.8) is 0 Å². The standard InChI is InChI=1S/C9H9N2OS/c12-7-6-10-9(13)11-8-4-2-1-3-5-8/h1-5H,6H2,(H2,10,11,13). The van der Waals surface area contributed by atoms with Gasteiger partial charge in [-0.3, -0.25) is 4.79 Å². The third-order valence-corrected chi connectivity index (χ3v) is 1.60. The maximum atomic E-state index is 9.89. The van der Waals surface area contributed by atoms with Crippen LogP contribution in [0.3, 0.4) is 0 Å². The molecule has 0 saturated heterocycles. The lowest BCUT2D eigenvalue weighted by Gasteiger charge is -2.06. The van der Waals surface area contributed by atoms with Crippen LogP contribution < -0.4 is 10.6 Å². The minimum atomic E-state index is 0.110. The smallest absolute Gasteiger partial charge is 0.219 e. The van der Waals surface area contributed by atoms with Gasteiger partial charge in [0.1, 0.15) is 0 Å². The topological polar surface area (TPSA) is 41.1 Å². The number of carbonyl (C=O) groups excluding carboxylic acids is 1. The second-order valence-corrected chi connectivity index (χ2v) is 2.73. The van der Waals surface area contributed by atoms with Crippen molar-refractivity contribution in [3.8, 4) is 0 Å². The second kappa shape index (κ2) is 5.27. The van der Waals surface area contributed by atoms with Gasteiger partial charge in [0, 0.05) is 5.69 Å². The summed E-state index contributed by atoms with van der Waals surface area (Å²) < 4.78 is 0. The maximum Gasteiger partial charge on any atom is 0.219 e. The first-order valence-electron chi connectivity index (χ1n) is 3.78. The number of para-hydroxylation sites is 1. The zero-order valence-corrected chi connectivity index (χ0v) is 7.73. The summed E-state index contributed by atoms with van der Waals surface area (Å²) in [5.41, 5.74) is 0.894. The van der Waals surface area contributed by atoms with Crippen molar-refractivity contribution in [2.75, 3.05) is 11.9 Å². The van der Waals surface area contributed by atoms with Gasteiger partial charge in [0.15, 0.2) is 5.11 Å². The van der Waals surface area contributed by atoms with Gasteiger partial charge in [-0.1, -0.05) is 18.2 Å². The van der Waals surface area contributed by atoms with Crippen molar-refractivity contribution in [3.05, 3.63) is 30.3 Å². The third kappa shape index (κ3) is 3.66. The molecule has 1 aromatic rings. The lowest BCUT2D eigenvalue weighted by molar-refractivity contribution is 0.554. The molecule has 1 radical (unpaired) electrons. The Labute approximate surface area is 82.1 Å². The molecule has 0 saturated carbocycles. The van der Waals surface area contributed by atoms with Gasteiger partial charge in [0.05, 0.1) is 6.54 Å². The van der Waals surface area contributed by atoms with Crippen LogP contribution in [0.4, 0.5) is 5.69 Å². The molecule has 2 N–H and O–H groups in total. The molecular formula is C9H9N2OS. The quantitative estimate of drug-likeness (QED) is 0.705. The maximum absolute atomic E-state index is 9.89. The van der Waals surface area contributed by atoms with Gasteiger partial charge in [-0.25, -0.2) is 0 Å². The van der Waals surface area contributed by atoms with Gasteiger partial charge in [-0.2, -0.15) is 0 Å². The summed E-state index contributed by atoms with van der Waals surface area (Å²) in [6.45, 7) is 0.110. The molecule has 67 valence electrons. The van der Waals surface area contributed by atoms with Crippen LogP contribution in [-0.2, 0) is 4.79 Å². The van der Waals surface area contributed by atoms with Crippen molar-refractivity contribution >= 4 is 29.3 Å². The minimum Gasteiger partial charge on any atom is -0.355 e. The predicted octanol–water partition coefficient (Wildman–Crippen LogP) is 1.08. The predicted molar refractivity (Wildman–Crippen MR) is 56.4 cm³/mol. The van der Waals surface area contributed by atoms with Crippen molar-refractivity contribution in [2.45, 2.75) is 0 Å². The Morgan fingerprint density at radius 3 is 2.69 bits per heavy atom. The number of nitrogens with one attached hydrogen (secondary N) is 2. The molecule has 0 heterocycles. The van der Waals surface area contributed by atoms with E-state index in [9.17, 15) is 4.79 Å². The van der Waals surface area contributed by atoms with E-state index in [0.717, 1.165) is 5.69 Å². The fraction of sp³-hybridized carbons (Fsp3) is 0.111. The zero-order valence-electron chi connectivity index (χ0n) is 6.91. The van der Waals surface area contributed by atoms with Crippen LogP contribution in [0.5, 0.6) is 0 Å². The van der Waals surface area contributed by atoms with Gasteiger partial charge in [0.25, 0.3) is 0 Å². The summed E-state index contributed by atoms with van der Waals surface area (Å²) in [6, 6.07) is 9.49. The number of rotatable bonds is 3. The molecule has 0 bridgehead atoms. The number of anilines is 1. The van der Waals surface area contributed by atoms with E-state index >= 15 is 0 Å². The molecule has 0 aliphatic rings. The molecule has 0 spiro atoms. The molecule has 0 atom stereocenters. The first-order valence-corrected chi connectivity index (χ1v) is 4.18. The molecule has 1 aromatic carbocycles. The first-order chi connectivity index (χ1) is 6.33. The molecule has 0 fully saturated rings. The lowest BCUT2D eigenvalue weighted by atomic mass is 10.3. The van der Waals surface area contributed by atoms with Crippen LogP contribution in [0.25, 0.3) is 0 Å². The monoisotopic (exact) mass is 193 g/mol. The van der Waals surface area contributed by atoms with E-state index in [2.05, 4.69) is 10.6 Å². The van der Waals surface area contributed by atoms with Crippen molar-refractivity contribution in [1.29, 1.82) is 0 Å². The van der Waals surface area contributed by atoms with Crippen LogP contribution in [0.2, 0.25) is 0 Å². The molecule has 3 nitrogen and oxygen atoms in total. The van der Waals surface area contributed by atoms with Gasteiger partial charge in [-0.15, -0.1) is 0 Å². The van der Waals surface area contributed by atoms with Gasteiger partial charge in [-0.05, 0) is 24.4 Å². The first kappa shape index (κ1) is 9.67. The average molecular weight is 193 g/mol. The summed E-state index contributed by atoms with van der Waals surface area (Å²) in [5.74, 6) is 0. The Hall–Kier alpha value is -1.42. The van der Waals surface area contributed by atoms with Crippen LogP contribution >= 0.6 is 12.2 Å². The SMILES string of the molecule is O=[C]CNC(=S)Nc1ccccc1. The normalized spacial score (nSPS) is 8.92. The van der Waals surface area contributed by atoms with Crippen molar-refractivity contribution in [1.82, 2.24) is 5.32 Å². The van der Waals surface area contributed by atoms with Crippen molar-refractivity contribution < 1.29 is 4.79 Å². The van der Waals surface area contributed by atoms with E-state index in [0.29, 0.717) is 5.11 Å². The molecule has 1 rings (SSSR count). The Balaban J connectivity index is 2.41. The van der Waals surface area contributed by atoms with E-state index < -0.39 is 0 Å². The van der Waals surface area contributed by atoms with Crippen LogP contribution in [0.15, 0.2) is 30.3 Å². The van der Waals surface area contributed by atoms with E-state index in [1.54, 1.807) is 6.29 Å².